The molecule has 20 aromatic rings. The summed E-state index contributed by atoms with van der Waals surface area (Å²) in [5.41, 5.74) is 24.1. The zero-order valence-electron chi connectivity index (χ0n) is 62.8. The maximum absolute atomic E-state index is 5.76. The molecule has 20 aromatic carbocycles. The van der Waals surface area contributed by atoms with Crippen LogP contribution in [0.15, 0.2) is 364 Å². The standard InChI is InChI=1S/C108H72O4Si/c1-109-73-49-37-65(38-50-73)101-81-21-5-13-29-89(81)105(90-30-14-6-22-82(90)101)69-45-57-77-78-58-46-70(106-91-31-15-7-23-83(91)102(84-24-8-16-32-92(84)106)66-39-51-74(110-2)52-40-66)62-98(78)113(97(77)61-69)99-63-71(107-93-33-17-9-25-85(93)103(86-26-10-18-34-94(86)107)67-41-53-75(111-3)54-42-67)47-59-79(99)80-60-48-72(64-100(80)113)108-95-35-19-11-27-87(95)104(88-28-12-20-36-96(88)108)68-43-55-76(112-4)56-44-68/h5-64H,1-4H3. The van der Waals surface area contributed by atoms with E-state index >= 15 is 0 Å². The number of ether oxygens (including phenoxy) is 4. The Balaban J connectivity index is 0.876. The zero-order chi connectivity index (χ0) is 75.2. The van der Waals surface area contributed by atoms with Crippen molar-refractivity contribution >= 4 is 115 Å². The van der Waals surface area contributed by atoms with Gasteiger partial charge in [-0.25, -0.2) is 0 Å². The first kappa shape index (κ1) is 65.9. The largest absolute Gasteiger partial charge is 0.497 e. The lowest BCUT2D eigenvalue weighted by molar-refractivity contribution is 0.415. The van der Waals surface area contributed by atoms with Gasteiger partial charge in [0.25, 0.3) is 0 Å². The van der Waals surface area contributed by atoms with Crippen LogP contribution in [-0.2, 0) is 0 Å². The van der Waals surface area contributed by atoms with Crippen LogP contribution in [0, 0.1) is 0 Å². The molecule has 0 N–H and O–H groups in total. The minimum atomic E-state index is -3.69. The number of benzene rings is 20. The molecule has 22 rings (SSSR count). The van der Waals surface area contributed by atoms with Crippen LogP contribution in [0.4, 0.5) is 0 Å². The molecule has 0 fully saturated rings. The summed E-state index contributed by atoms with van der Waals surface area (Å²) < 4.78 is 23.0. The number of methoxy groups -OCH3 is 4. The van der Waals surface area contributed by atoms with Gasteiger partial charge in [-0.3, -0.25) is 0 Å². The lowest BCUT2D eigenvalue weighted by atomic mass is 9.85. The van der Waals surface area contributed by atoms with E-state index in [-0.39, 0.29) is 0 Å². The fourth-order valence-electron chi connectivity index (χ4n) is 19.9. The molecule has 532 valence electrons. The highest BCUT2D eigenvalue weighted by molar-refractivity contribution is 7.24. The van der Waals surface area contributed by atoms with Gasteiger partial charge in [0, 0.05) is 0 Å². The molecule has 5 heteroatoms. The van der Waals surface area contributed by atoms with Crippen LogP contribution >= 0.6 is 0 Å². The average molecular weight is 1460 g/mol. The van der Waals surface area contributed by atoms with Gasteiger partial charge in [-0.1, -0.05) is 315 Å². The lowest BCUT2D eigenvalue weighted by Gasteiger charge is -2.30. The van der Waals surface area contributed by atoms with E-state index in [4.69, 9.17) is 18.9 Å². The third-order valence-corrected chi connectivity index (χ3v) is 29.6. The Bertz CT molecular complexity index is 6270. The van der Waals surface area contributed by atoms with E-state index in [0.29, 0.717) is 0 Å². The van der Waals surface area contributed by atoms with Crippen molar-refractivity contribution in [3.05, 3.63) is 364 Å². The Morgan fingerprint density at radius 2 is 0.283 bits per heavy atom. The highest BCUT2D eigenvalue weighted by atomic mass is 28.3. The van der Waals surface area contributed by atoms with E-state index in [0.717, 1.165) is 45.3 Å². The van der Waals surface area contributed by atoms with Crippen LogP contribution in [0.3, 0.4) is 0 Å². The second-order valence-corrected chi connectivity index (χ2v) is 33.7. The molecule has 0 amide bonds. The first-order valence-corrected chi connectivity index (χ1v) is 40.8. The Hall–Kier alpha value is -14.1. The Morgan fingerprint density at radius 1 is 0.150 bits per heavy atom. The highest BCUT2D eigenvalue weighted by Gasteiger charge is 2.55. The van der Waals surface area contributed by atoms with E-state index < -0.39 is 8.07 Å². The Morgan fingerprint density at radius 3 is 0.425 bits per heavy atom. The van der Waals surface area contributed by atoms with Crippen LogP contribution in [0.2, 0.25) is 0 Å². The molecule has 2 heterocycles. The first-order valence-electron chi connectivity index (χ1n) is 38.8. The second-order valence-electron chi connectivity index (χ2n) is 30.1. The van der Waals surface area contributed by atoms with E-state index in [1.807, 2.05) is 0 Å². The van der Waals surface area contributed by atoms with E-state index in [1.54, 1.807) is 28.4 Å². The Kier molecular flexibility index (Phi) is 15.2. The molecule has 0 aliphatic carbocycles. The number of hydrogen-bond donors (Lipinski definition) is 0. The number of fused-ring (bicyclic) bond motifs is 18. The highest BCUT2D eigenvalue weighted by Crippen LogP contribution is 2.52. The number of hydrogen-bond acceptors (Lipinski definition) is 4. The molecular weight excluding hydrogens is 1390 g/mol. The van der Waals surface area contributed by atoms with Crippen molar-refractivity contribution in [2.75, 3.05) is 28.4 Å². The molecular formula is C108H72O4Si. The predicted molar refractivity (Wildman–Crippen MR) is 478 cm³/mol. The molecule has 2 aliphatic rings. The topological polar surface area (TPSA) is 36.9 Å². The van der Waals surface area contributed by atoms with Crippen molar-refractivity contribution in [1.29, 1.82) is 0 Å². The molecule has 0 unspecified atom stereocenters. The fraction of sp³-hybridized carbons (Fsp3) is 0.0370. The van der Waals surface area contributed by atoms with Crippen molar-refractivity contribution in [2.45, 2.75) is 0 Å². The van der Waals surface area contributed by atoms with Gasteiger partial charge >= 0.3 is 0 Å². The molecule has 0 saturated carbocycles. The van der Waals surface area contributed by atoms with E-state index in [9.17, 15) is 0 Å². The van der Waals surface area contributed by atoms with Crippen LogP contribution < -0.4 is 39.7 Å². The van der Waals surface area contributed by atoms with Crippen LogP contribution in [0.1, 0.15) is 0 Å². The van der Waals surface area contributed by atoms with E-state index in [2.05, 4.69) is 364 Å². The minimum Gasteiger partial charge on any atom is -0.497 e. The molecule has 0 saturated heterocycles. The summed E-state index contributed by atoms with van der Waals surface area (Å²) in [7, 11) is 3.27. The third kappa shape index (κ3) is 9.88. The summed E-state index contributed by atoms with van der Waals surface area (Å²) in [5.74, 6) is 3.32. The van der Waals surface area contributed by atoms with Crippen LogP contribution in [0.5, 0.6) is 23.0 Å². The summed E-state index contributed by atoms with van der Waals surface area (Å²) in [6.45, 7) is 0. The van der Waals surface area contributed by atoms with Gasteiger partial charge in [-0.15, -0.1) is 0 Å². The van der Waals surface area contributed by atoms with Gasteiger partial charge in [0.05, 0.1) is 28.4 Å². The van der Waals surface area contributed by atoms with Gasteiger partial charge in [-0.05, 0) is 267 Å². The van der Waals surface area contributed by atoms with Gasteiger partial charge in [0.1, 0.15) is 23.0 Å². The zero-order valence-corrected chi connectivity index (χ0v) is 63.8. The second kappa shape index (κ2) is 26.0. The molecule has 0 bridgehead atoms. The normalized spacial score (nSPS) is 12.5. The molecule has 2 aliphatic heterocycles. The fourth-order valence-corrected chi connectivity index (χ4v) is 25.6. The van der Waals surface area contributed by atoms with Gasteiger partial charge in [0.2, 0.25) is 0 Å². The maximum atomic E-state index is 5.76. The SMILES string of the molecule is COc1ccc(-c2c3ccccc3c(-c3ccc4c(c3)[Si]3(c5cc(-c6c7ccccc7c(-c7ccc(OC)cc7)c7ccccc67)ccc5-4)c4cc(-c5c6ccccc6c(-c6ccc(OC)cc6)c6ccccc56)ccc4-c4ccc(-c5c6ccccc6c(-c6ccc(OC)cc6)c6ccccc56)cc43)c3ccccc23)cc1. The lowest BCUT2D eigenvalue weighted by Crippen LogP contribution is -2.70. The minimum absolute atomic E-state index is 0.829. The maximum Gasteiger partial charge on any atom is 0.182 e. The smallest absolute Gasteiger partial charge is 0.182 e. The molecule has 0 aromatic heterocycles. The summed E-state index contributed by atoms with van der Waals surface area (Å²) >= 11 is 0. The molecule has 0 radical (unpaired) electrons. The monoisotopic (exact) mass is 1460 g/mol. The molecule has 4 nitrogen and oxygen atoms in total. The quantitative estimate of drug-likeness (QED) is 0.0902. The number of rotatable bonds is 12. The predicted octanol–water partition coefficient (Wildman–Crippen LogP) is 25.6. The van der Waals surface area contributed by atoms with Crippen molar-refractivity contribution in [1.82, 2.24) is 0 Å². The third-order valence-electron chi connectivity index (χ3n) is 24.7. The first-order chi connectivity index (χ1) is 55.9. The van der Waals surface area contributed by atoms with Crippen LogP contribution in [-0.4, -0.2) is 36.5 Å². The summed E-state index contributed by atoms with van der Waals surface area (Å²) in [6.07, 6.45) is 0. The van der Waals surface area contributed by atoms with Gasteiger partial charge in [-0.2, -0.15) is 0 Å². The summed E-state index contributed by atoms with van der Waals surface area (Å²) in [5, 5.41) is 24.7. The van der Waals surface area contributed by atoms with Crippen molar-refractivity contribution in [2.24, 2.45) is 0 Å². The Labute approximate surface area is 656 Å². The molecule has 113 heavy (non-hydrogen) atoms. The van der Waals surface area contributed by atoms with Crippen molar-refractivity contribution in [3.8, 4) is 134 Å². The van der Waals surface area contributed by atoms with Gasteiger partial charge in [0.15, 0.2) is 8.07 Å². The summed E-state index contributed by atoms with van der Waals surface area (Å²) in [4.78, 5) is 0. The van der Waals surface area contributed by atoms with Gasteiger partial charge < -0.3 is 18.9 Å². The average Bonchev–Trinajstić information content (AvgIpc) is 1.51. The summed E-state index contributed by atoms with van der Waals surface area (Å²) in [6, 6.07) is 138. The van der Waals surface area contributed by atoms with E-state index in [1.165, 1.54) is 196 Å². The molecule has 0 atom stereocenters. The van der Waals surface area contributed by atoms with Crippen molar-refractivity contribution in [3.63, 3.8) is 0 Å². The van der Waals surface area contributed by atoms with Crippen molar-refractivity contribution < 1.29 is 18.9 Å². The molecule has 1 spiro atoms. The van der Waals surface area contributed by atoms with Crippen LogP contribution in [0.25, 0.3) is 197 Å².